The lowest BCUT2D eigenvalue weighted by Gasteiger charge is -2.25. The van der Waals surface area contributed by atoms with Crippen molar-refractivity contribution in [1.82, 2.24) is 4.90 Å². The third-order valence-electron chi connectivity index (χ3n) is 3.67. The lowest BCUT2D eigenvalue weighted by Crippen LogP contribution is -2.22. The highest BCUT2D eigenvalue weighted by atomic mass is 19.1. The van der Waals surface area contributed by atoms with Crippen molar-refractivity contribution < 1.29 is 4.39 Å². The van der Waals surface area contributed by atoms with Crippen LogP contribution in [0.5, 0.6) is 0 Å². The largest absolute Gasteiger partial charge is 0.399 e. The molecule has 0 saturated heterocycles. The van der Waals surface area contributed by atoms with E-state index in [-0.39, 0.29) is 11.6 Å². The van der Waals surface area contributed by atoms with Crippen LogP contribution in [0.15, 0.2) is 42.5 Å². The molecule has 108 valence electrons. The maximum absolute atomic E-state index is 14.1. The van der Waals surface area contributed by atoms with E-state index < -0.39 is 5.82 Å². The first-order valence-electron chi connectivity index (χ1n) is 6.76. The summed E-state index contributed by atoms with van der Waals surface area (Å²) in [5.74, 6) is -0.438. The van der Waals surface area contributed by atoms with Crippen molar-refractivity contribution in [2.24, 2.45) is 0 Å². The Morgan fingerprint density at radius 2 is 2.00 bits per heavy atom. The van der Waals surface area contributed by atoms with E-state index in [1.807, 2.05) is 49.2 Å². The minimum Gasteiger partial charge on any atom is -0.399 e. The fourth-order valence-corrected chi connectivity index (χ4v) is 2.27. The van der Waals surface area contributed by atoms with Gasteiger partial charge in [-0.25, -0.2) is 4.39 Å². The van der Waals surface area contributed by atoms with Crippen LogP contribution in [0.25, 0.3) is 0 Å². The summed E-state index contributed by atoms with van der Waals surface area (Å²) < 4.78 is 14.1. The van der Waals surface area contributed by atoms with Gasteiger partial charge < -0.3 is 5.73 Å². The number of benzene rings is 2. The Bertz CT molecular complexity index is 676. The molecule has 2 rings (SSSR count). The molecule has 3 nitrogen and oxygen atoms in total. The van der Waals surface area contributed by atoms with Gasteiger partial charge in [-0.2, -0.15) is 5.26 Å². The van der Waals surface area contributed by atoms with Crippen LogP contribution in [0.3, 0.4) is 0 Å². The minimum atomic E-state index is -0.438. The van der Waals surface area contributed by atoms with Gasteiger partial charge in [0.1, 0.15) is 11.9 Å². The first-order chi connectivity index (χ1) is 10.0. The second kappa shape index (κ2) is 6.38. The van der Waals surface area contributed by atoms with Gasteiger partial charge in [-0.3, -0.25) is 4.90 Å². The van der Waals surface area contributed by atoms with Gasteiger partial charge in [0.05, 0.1) is 5.56 Å². The highest BCUT2D eigenvalue weighted by Gasteiger charge is 2.15. The third kappa shape index (κ3) is 3.39. The fraction of sp³-hybridized carbons (Fsp3) is 0.235. The second-order valence-corrected chi connectivity index (χ2v) is 5.15. The number of nitriles is 1. The monoisotopic (exact) mass is 283 g/mol. The molecule has 2 N–H and O–H groups in total. The van der Waals surface area contributed by atoms with Crippen LogP contribution in [0.2, 0.25) is 0 Å². The fourth-order valence-electron chi connectivity index (χ4n) is 2.27. The summed E-state index contributed by atoms with van der Waals surface area (Å²) in [5, 5.41) is 8.88. The summed E-state index contributed by atoms with van der Waals surface area (Å²) in [7, 11) is 1.92. The van der Waals surface area contributed by atoms with Gasteiger partial charge in [0, 0.05) is 23.8 Å². The van der Waals surface area contributed by atoms with Gasteiger partial charge in [-0.05, 0) is 37.7 Å². The molecule has 1 unspecified atom stereocenters. The maximum atomic E-state index is 14.1. The van der Waals surface area contributed by atoms with Crippen molar-refractivity contribution in [2.45, 2.75) is 19.5 Å². The highest BCUT2D eigenvalue weighted by molar-refractivity contribution is 5.41. The Morgan fingerprint density at radius 3 is 2.67 bits per heavy atom. The molecule has 0 aliphatic rings. The number of nitrogen functional groups attached to an aromatic ring is 1. The van der Waals surface area contributed by atoms with Crippen molar-refractivity contribution >= 4 is 5.69 Å². The number of rotatable bonds is 4. The smallest absolute Gasteiger partial charge is 0.145 e. The van der Waals surface area contributed by atoms with Crippen LogP contribution < -0.4 is 5.73 Å². The predicted octanol–water partition coefficient (Wildman–Crippen LogP) is 3.47. The molecule has 0 radical (unpaired) electrons. The van der Waals surface area contributed by atoms with Gasteiger partial charge in [0.15, 0.2) is 0 Å². The zero-order valence-corrected chi connectivity index (χ0v) is 12.2. The number of anilines is 1. The molecular weight excluding hydrogens is 265 g/mol. The van der Waals surface area contributed by atoms with Crippen molar-refractivity contribution in [2.75, 3.05) is 12.8 Å². The summed E-state index contributed by atoms with van der Waals surface area (Å²) in [5.41, 5.74) is 8.19. The van der Waals surface area contributed by atoms with Crippen LogP contribution >= 0.6 is 0 Å². The van der Waals surface area contributed by atoms with Gasteiger partial charge in [0.25, 0.3) is 0 Å². The van der Waals surface area contributed by atoms with Gasteiger partial charge in [-0.15, -0.1) is 0 Å². The number of nitrogens with two attached hydrogens (primary N) is 1. The Kier molecular flexibility index (Phi) is 4.56. The Hall–Kier alpha value is -2.38. The normalized spacial score (nSPS) is 12.1. The van der Waals surface area contributed by atoms with Crippen LogP contribution in [0.4, 0.5) is 10.1 Å². The molecule has 21 heavy (non-hydrogen) atoms. The van der Waals surface area contributed by atoms with E-state index in [1.54, 1.807) is 12.1 Å². The lowest BCUT2D eigenvalue weighted by atomic mass is 10.0. The molecule has 2 aromatic rings. The molecule has 1 atom stereocenters. The van der Waals surface area contributed by atoms with Crippen molar-refractivity contribution in [3.8, 4) is 6.07 Å². The van der Waals surface area contributed by atoms with E-state index in [0.717, 1.165) is 5.56 Å². The SMILES string of the molecule is CC(c1cccc(N)c1)N(C)Cc1cccc(C#N)c1F. The van der Waals surface area contributed by atoms with Crippen molar-refractivity contribution in [1.29, 1.82) is 5.26 Å². The van der Waals surface area contributed by atoms with Gasteiger partial charge in [-0.1, -0.05) is 24.3 Å². The Morgan fingerprint density at radius 1 is 1.29 bits per heavy atom. The topological polar surface area (TPSA) is 53.0 Å². The molecule has 0 aromatic heterocycles. The molecule has 0 fully saturated rings. The summed E-state index contributed by atoms with van der Waals surface area (Å²) in [6.07, 6.45) is 0. The molecule has 0 spiro atoms. The molecule has 0 aliphatic carbocycles. The summed E-state index contributed by atoms with van der Waals surface area (Å²) >= 11 is 0. The van der Waals surface area contributed by atoms with Crippen molar-refractivity contribution in [3.05, 3.63) is 65.0 Å². The van der Waals surface area contributed by atoms with Crippen LogP contribution in [-0.4, -0.2) is 11.9 Å². The van der Waals surface area contributed by atoms with Crippen LogP contribution in [0.1, 0.15) is 29.7 Å². The zero-order valence-electron chi connectivity index (χ0n) is 12.2. The average molecular weight is 283 g/mol. The number of halogens is 1. The number of hydrogen-bond acceptors (Lipinski definition) is 3. The lowest BCUT2D eigenvalue weighted by molar-refractivity contribution is 0.249. The molecule has 0 saturated carbocycles. The number of nitrogens with zero attached hydrogens (tertiary/aromatic N) is 2. The first kappa shape index (κ1) is 15.0. The van der Waals surface area contributed by atoms with E-state index >= 15 is 0 Å². The Balaban J connectivity index is 2.18. The van der Waals surface area contributed by atoms with Gasteiger partial charge in [0.2, 0.25) is 0 Å². The second-order valence-electron chi connectivity index (χ2n) is 5.15. The molecule has 4 heteroatoms. The summed E-state index contributed by atoms with van der Waals surface area (Å²) in [6, 6.07) is 14.5. The highest BCUT2D eigenvalue weighted by Crippen LogP contribution is 2.23. The summed E-state index contributed by atoms with van der Waals surface area (Å²) in [4.78, 5) is 2.02. The standard InChI is InChI=1S/C17H18FN3/c1-12(13-5-4-8-16(20)9-13)21(2)11-15-7-3-6-14(10-19)17(15)18/h3-9,12H,11,20H2,1-2H3. The average Bonchev–Trinajstić information content (AvgIpc) is 2.48. The van der Waals surface area contributed by atoms with E-state index in [2.05, 4.69) is 0 Å². The first-order valence-corrected chi connectivity index (χ1v) is 6.76. The van der Waals surface area contributed by atoms with E-state index in [1.165, 1.54) is 6.07 Å². The maximum Gasteiger partial charge on any atom is 0.145 e. The number of hydrogen-bond donors (Lipinski definition) is 1. The minimum absolute atomic E-state index is 0.0810. The molecular formula is C17H18FN3. The van der Waals surface area contributed by atoms with Crippen LogP contribution in [0, 0.1) is 17.1 Å². The molecule has 0 bridgehead atoms. The molecule has 0 aliphatic heterocycles. The van der Waals surface area contributed by atoms with E-state index in [9.17, 15) is 4.39 Å². The quantitative estimate of drug-likeness (QED) is 0.874. The third-order valence-corrected chi connectivity index (χ3v) is 3.67. The van der Waals surface area contributed by atoms with Gasteiger partial charge >= 0.3 is 0 Å². The van der Waals surface area contributed by atoms with E-state index in [0.29, 0.717) is 17.8 Å². The van der Waals surface area contributed by atoms with Crippen molar-refractivity contribution in [3.63, 3.8) is 0 Å². The van der Waals surface area contributed by atoms with Crippen LogP contribution in [-0.2, 0) is 6.54 Å². The van der Waals surface area contributed by atoms with E-state index in [4.69, 9.17) is 11.0 Å². The molecule has 0 heterocycles. The predicted molar refractivity (Wildman–Crippen MR) is 81.9 cm³/mol. The molecule has 0 amide bonds. The zero-order chi connectivity index (χ0) is 15.4. The summed E-state index contributed by atoms with van der Waals surface area (Å²) in [6.45, 7) is 2.47. The Labute approximate surface area is 124 Å². The molecule has 2 aromatic carbocycles.